The van der Waals surface area contributed by atoms with Crippen molar-refractivity contribution in [1.82, 2.24) is 10.3 Å². The maximum atomic E-state index is 10.9. The van der Waals surface area contributed by atoms with Crippen LogP contribution in [0, 0.1) is 6.92 Å². The summed E-state index contributed by atoms with van der Waals surface area (Å²) < 4.78 is 0. The fourth-order valence-corrected chi connectivity index (χ4v) is 1.84. The van der Waals surface area contributed by atoms with E-state index in [4.69, 9.17) is 5.11 Å². The molecule has 4 nitrogen and oxygen atoms in total. The second kappa shape index (κ2) is 6.11. The lowest BCUT2D eigenvalue weighted by Gasteiger charge is -2.07. The van der Waals surface area contributed by atoms with Crippen molar-refractivity contribution in [3.8, 4) is 0 Å². The number of hydrogen-bond donors (Lipinski definition) is 2. The van der Waals surface area contributed by atoms with E-state index in [2.05, 4.69) is 10.3 Å². The van der Waals surface area contributed by atoms with Crippen LogP contribution >= 0.6 is 0 Å². The minimum absolute atomic E-state index is 0.317. The molecule has 0 bridgehead atoms. The van der Waals surface area contributed by atoms with Gasteiger partial charge in [0, 0.05) is 25.5 Å². The Kier molecular flexibility index (Phi) is 4.26. The number of aromatic carboxylic acids is 1. The molecule has 2 rings (SSSR count). The van der Waals surface area contributed by atoms with E-state index in [0.717, 1.165) is 17.7 Å². The van der Waals surface area contributed by atoms with Crippen LogP contribution in [0.3, 0.4) is 0 Å². The summed E-state index contributed by atoms with van der Waals surface area (Å²) in [5, 5.41) is 12.2. The Balaban J connectivity index is 1.94. The summed E-state index contributed by atoms with van der Waals surface area (Å²) in [5.41, 5.74) is 3.62. The molecule has 0 radical (unpaired) electrons. The van der Waals surface area contributed by atoms with E-state index in [1.807, 2.05) is 25.3 Å². The number of hydrogen-bond acceptors (Lipinski definition) is 3. The van der Waals surface area contributed by atoms with Crippen molar-refractivity contribution < 1.29 is 9.90 Å². The number of nitrogens with one attached hydrogen (secondary N) is 1. The summed E-state index contributed by atoms with van der Waals surface area (Å²) >= 11 is 0. The third-order valence-electron chi connectivity index (χ3n) is 2.97. The van der Waals surface area contributed by atoms with Crippen LogP contribution in [0.4, 0.5) is 0 Å². The van der Waals surface area contributed by atoms with Crippen LogP contribution in [0.15, 0.2) is 42.7 Å². The van der Waals surface area contributed by atoms with Crippen LogP contribution in [-0.4, -0.2) is 16.1 Å². The van der Waals surface area contributed by atoms with Gasteiger partial charge in [0.05, 0.1) is 5.56 Å². The second-order valence-electron chi connectivity index (χ2n) is 4.41. The van der Waals surface area contributed by atoms with Crippen molar-refractivity contribution in [3.63, 3.8) is 0 Å². The van der Waals surface area contributed by atoms with E-state index < -0.39 is 5.97 Å². The van der Waals surface area contributed by atoms with E-state index in [1.165, 1.54) is 5.56 Å². The van der Waals surface area contributed by atoms with E-state index in [1.54, 1.807) is 24.4 Å². The van der Waals surface area contributed by atoms with Crippen molar-refractivity contribution in [3.05, 3.63) is 65.0 Å². The van der Waals surface area contributed by atoms with Gasteiger partial charge in [-0.15, -0.1) is 0 Å². The lowest BCUT2D eigenvalue weighted by Crippen LogP contribution is -2.14. The predicted octanol–water partition coefficient (Wildman–Crippen LogP) is 2.38. The van der Waals surface area contributed by atoms with Gasteiger partial charge < -0.3 is 10.4 Å². The van der Waals surface area contributed by atoms with Crippen molar-refractivity contribution in [2.45, 2.75) is 20.0 Å². The Bertz CT molecular complexity index is 582. The summed E-state index contributed by atoms with van der Waals surface area (Å²) in [6, 6.07) is 8.93. The summed E-state index contributed by atoms with van der Waals surface area (Å²) in [7, 11) is 0. The first-order chi connectivity index (χ1) is 9.16. The molecule has 1 aromatic heterocycles. The predicted molar refractivity (Wildman–Crippen MR) is 72.9 cm³/mol. The molecular weight excluding hydrogens is 240 g/mol. The molecule has 2 N–H and O–H groups in total. The molecule has 0 fully saturated rings. The van der Waals surface area contributed by atoms with E-state index in [0.29, 0.717) is 12.1 Å². The molecule has 0 aliphatic rings. The van der Waals surface area contributed by atoms with Crippen molar-refractivity contribution in [2.24, 2.45) is 0 Å². The quantitative estimate of drug-likeness (QED) is 0.862. The van der Waals surface area contributed by atoms with Gasteiger partial charge in [-0.05, 0) is 41.8 Å². The van der Waals surface area contributed by atoms with Gasteiger partial charge in [0.1, 0.15) is 0 Å². The van der Waals surface area contributed by atoms with Gasteiger partial charge in [-0.25, -0.2) is 4.79 Å². The average molecular weight is 256 g/mol. The molecule has 0 spiro atoms. The molecule has 2 aromatic rings. The number of carboxylic acids is 1. The van der Waals surface area contributed by atoms with Crippen LogP contribution in [0.2, 0.25) is 0 Å². The zero-order valence-electron chi connectivity index (χ0n) is 10.8. The number of benzene rings is 1. The summed E-state index contributed by atoms with van der Waals surface area (Å²) in [5.74, 6) is -0.898. The summed E-state index contributed by atoms with van der Waals surface area (Å²) in [6.45, 7) is 3.40. The van der Waals surface area contributed by atoms with Crippen LogP contribution in [0.5, 0.6) is 0 Å². The van der Waals surface area contributed by atoms with Crippen molar-refractivity contribution in [2.75, 3.05) is 0 Å². The average Bonchev–Trinajstić information content (AvgIpc) is 2.41. The zero-order valence-corrected chi connectivity index (χ0v) is 10.8. The number of aromatic nitrogens is 1. The maximum Gasteiger partial charge on any atom is 0.335 e. The molecular formula is C15H16N2O2. The monoisotopic (exact) mass is 256 g/mol. The molecule has 4 heteroatoms. The minimum Gasteiger partial charge on any atom is -0.478 e. The third-order valence-corrected chi connectivity index (χ3v) is 2.97. The number of carbonyl (C=O) groups is 1. The Hall–Kier alpha value is -2.20. The van der Waals surface area contributed by atoms with Crippen LogP contribution in [0.1, 0.15) is 27.0 Å². The van der Waals surface area contributed by atoms with Crippen LogP contribution in [-0.2, 0) is 13.1 Å². The van der Waals surface area contributed by atoms with Gasteiger partial charge >= 0.3 is 5.97 Å². The largest absolute Gasteiger partial charge is 0.478 e. The Labute approximate surface area is 112 Å². The summed E-state index contributed by atoms with van der Waals surface area (Å²) in [6.07, 6.45) is 3.62. The SMILES string of the molecule is Cc1ccncc1CNCc1cccc(C(=O)O)c1. The molecule has 19 heavy (non-hydrogen) atoms. The highest BCUT2D eigenvalue weighted by molar-refractivity contribution is 5.87. The van der Waals surface area contributed by atoms with Crippen molar-refractivity contribution in [1.29, 1.82) is 0 Å². The van der Waals surface area contributed by atoms with Crippen LogP contribution < -0.4 is 5.32 Å². The molecule has 0 saturated heterocycles. The highest BCUT2D eigenvalue weighted by Gasteiger charge is 2.03. The molecule has 1 aromatic carbocycles. The highest BCUT2D eigenvalue weighted by Crippen LogP contribution is 2.07. The lowest BCUT2D eigenvalue weighted by molar-refractivity contribution is 0.0696. The molecule has 98 valence electrons. The molecule has 0 aliphatic heterocycles. The fourth-order valence-electron chi connectivity index (χ4n) is 1.84. The molecule has 0 aliphatic carbocycles. The zero-order chi connectivity index (χ0) is 13.7. The summed E-state index contributed by atoms with van der Waals surface area (Å²) in [4.78, 5) is 15.0. The first kappa shape index (κ1) is 13.2. The Morgan fingerprint density at radius 3 is 2.89 bits per heavy atom. The van der Waals surface area contributed by atoms with Gasteiger partial charge in [-0.1, -0.05) is 12.1 Å². The van der Waals surface area contributed by atoms with E-state index in [-0.39, 0.29) is 0 Å². The molecule has 0 amide bonds. The minimum atomic E-state index is -0.898. The van der Waals surface area contributed by atoms with Gasteiger partial charge in [0.2, 0.25) is 0 Å². The standard InChI is InChI=1S/C15H16N2O2/c1-11-5-6-16-9-14(11)10-17-8-12-3-2-4-13(7-12)15(18)19/h2-7,9,17H,8,10H2,1H3,(H,18,19). The Morgan fingerprint density at radius 2 is 2.16 bits per heavy atom. The van der Waals surface area contributed by atoms with Crippen molar-refractivity contribution >= 4 is 5.97 Å². The fraction of sp³-hybridized carbons (Fsp3) is 0.200. The van der Waals surface area contributed by atoms with Gasteiger partial charge in [-0.2, -0.15) is 0 Å². The van der Waals surface area contributed by atoms with E-state index in [9.17, 15) is 4.79 Å². The topological polar surface area (TPSA) is 62.2 Å². The third kappa shape index (κ3) is 3.63. The smallest absolute Gasteiger partial charge is 0.335 e. The van der Waals surface area contributed by atoms with E-state index >= 15 is 0 Å². The molecule has 0 atom stereocenters. The number of rotatable bonds is 5. The highest BCUT2D eigenvalue weighted by atomic mass is 16.4. The lowest BCUT2D eigenvalue weighted by atomic mass is 10.1. The normalized spacial score (nSPS) is 10.4. The molecule has 0 saturated carbocycles. The number of carboxylic acid groups (broad SMARTS) is 1. The first-order valence-electron chi connectivity index (χ1n) is 6.09. The first-order valence-corrected chi connectivity index (χ1v) is 6.09. The maximum absolute atomic E-state index is 10.9. The molecule has 1 heterocycles. The Morgan fingerprint density at radius 1 is 1.32 bits per heavy atom. The number of pyridine rings is 1. The number of nitrogens with zero attached hydrogens (tertiary/aromatic N) is 1. The van der Waals surface area contributed by atoms with Gasteiger partial charge in [-0.3, -0.25) is 4.98 Å². The number of aryl methyl sites for hydroxylation is 1. The van der Waals surface area contributed by atoms with Gasteiger partial charge in [0.25, 0.3) is 0 Å². The second-order valence-corrected chi connectivity index (χ2v) is 4.41. The van der Waals surface area contributed by atoms with Gasteiger partial charge in [0.15, 0.2) is 0 Å². The van der Waals surface area contributed by atoms with Crippen LogP contribution in [0.25, 0.3) is 0 Å². The molecule has 0 unspecified atom stereocenters.